The lowest BCUT2D eigenvalue weighted by Crippen LogP contribution is -1.94. The fourth-order valence-corrected chi connectivity index (χ4v) is 3.10. The van der Waals surface area contributed by atoms with Crippen molar-refractivity contribution in [2.75, 3.05) is 0 Å². The van der Waals surface area contributed by atoms with Crippen LogP contribution in [0.4, 0.5) is 0 Å². The first-order chi connectivity index (χ1) is 8.56. The number of halogens is 2. The van der Waals surface area contributed by atoms with Crippen LogP contribution in [0.3, 0.4) is 0 Å². The molecular weight excluding hydrogens is 376 g/mol. The Morgan fingerprint density at radius 3 is 2.22 bits per heavy atom. The fourth-order valence-electron chi connectivity index (χ4n) is 1.50. The van der Waals surface area contributed by atoms with Crippen LogP contribution in [0, 0.1) is 0 Å². The summed E-state index contributed by atoms with van der Waals surface area (Å²) in [6.07, 6.45) is 0. The molecule has 0 radical (unpaired) electrons. The Morgan fingerprint density at radius 1 is 1.00 bits per heavy atom. The average Bonchev–Trinajstić information content (AvgIpc) is 2.34. The van der Waals surface area contributed by atoms with Crippen molar-refractivity contribution in [2.24, 2.45) is 0 Å². The van der Waals surface area contributed by atoms with E-state index in [1.54, 1.807) is 18.7 Å². The molecule has 2 rings (SSSR count). The van der Waals surface area contributed by atoms with E-state index in [1.165, 1.54) is 0 Å². The molecule has 0 bridgehead atoms. The highest BCUT2D eigenvalue weighted by molar-refractivity contribution is 9.10. The van der Waals surface area contributed by atoms with Gasteiger partial charge < -0.3 is 0 Å². The summed E-state index contributed by atoms with van der Waals surface area (Å²) in [5.74, 6) is 0.0795. The van der Waals surface area contributed by atoms with Gasteiger partial charge in [-0.15, -0.1) is 0 Å². The zero-order valence-electron chi connectivity index (χ0n) is 9.61. The molecule has 0 spiro atoms. The van der Waals surface area contributed by atoms with Gasteiger partial charge in [0.25, 0.3) is 0 Å². The number of rotatable bonds is 3. The molecule has 2 aromatic rings. The second-order valence-electron chi connectivity index (χ2n) is 3.75. The van der Waals surface area contributed by atoms with Crippen molar-refractivity contribution >= 4 is 49.4 Å². The summed E-state index contributed by atoms with van der Waals surface area (Å²) in [5.41, 5.74) is 0.747. The SMILES string of the molecule is CC(=O)c1cc(Br)ccc1Sc1ccc(Br)cc1. The Bertz CT molecular complexity index is 579. The molecule has 0 amide bonds. The minimum absolute atomic E-state index is 0.0795. The van der Waals surface area contributed by atoms with E-state index in [2.05, 4.69) is 31.9 Å². The largest absolute Gasteiger partial charge is 0.294 e. The summed E-state index contributed by atoms with van der Waals surface area (Å²) in [7, 11) is 0. The molecule has 0 aliphatic rings. The lowest BCUT2D eigenvalue weighted by atomic mass is 10.1. The molecule has 0 aliphatic carbocycles. The predicted octanol–water partition coefficient (Wildman–Crippen LogP) is 5.57. The lowest BCUT2D eigenvalue weighted by Gasteiger charge is -2.07. The molecule has 0 saturated heterocycles. The van der Waals surface area contributed by atoms with Gasteiger partial charge in [0.1, 0.15) is 0 Å². The van der Waals surface area contributed by atoms with Crippen molar-refractivity contribution in [3.8, 4) is 0 Å². The summed E-state index contributed by atoms with van der Waals surface area (Å²) in [6.45, 7) is 1.59. The number of carbonyl (C=O) groups excluding carboxylic acids is 1. The fraction of sp³-hybridized carbons (Fsp3) is 0.0714. The van der Waals surface area contributed by atoms with Crippen molar-refractivity contribution in [1.82, 2.24) is 0 Å². The molecule has 0 saturated carbocycles. The molecular formula is C14H10Br2OS. The van der Waals surface area contributed by atoms with Gasteiger partial charge in [-0.25, -0.2) is 0 Å². The van der Waals surface area contributed by atoms with Gasteiger partial charge in [-0.2, -0.15) is 0 Å². The minimum Gasteiger partial charge on any atom is -0.294 e. The van der Waals surface area contributed by atoms with E-state index in [0.29, 0.717) is 0 Å². The molecule has 0 heterocycles. The maximum absolute atomic E-state index is 11.6. The zero-order chi connectivity index (χ0) is 13.1. The third kappa shape index (κ3) is 3.46. The molecule has 0 fully saturated rings. The molecule has 18 heavy (non-hydrogen) atoms. The Hall–Kier alpha value is -0.580. The van der Waals surface area contributed by atoms with Crippen LogP contribution < -0.4 is 0 Å². The Labute approximate surface area is 127 Å². The van der Waals surface area contributed by atoms with Crippen LogP contribution in [0.15, 0.2) is 61.2 Å². The van der Waals surface area contributed by atoms with Gasteiger partial charge in [0.15, 0.2) is 5.78 Å². The van der Waals surface area contributed by atoms with E-state index in [1.807, 2.05) is 42.5 Å². The summed E-state index contributed by atoms with van der Waals surface area (Å²) in [4.78, 5) is 13.7. The molecule has 0 atom stereocenters. The van der Waals surface area contributed by atoms with Gasteiger partial charge in [0.2, 0.25) is 0 Å². The van der Waals surface area contributed by atoms with E-state index in [9.17, 15) is 4.79 Å². The summed E-state index contributed by atoms with van der Waals surface area (Å²) in [5, 5.41) is 0. The van der Waals surface area contributed by atoms with Gasteiger partial charge in [0, 0.05) is 24.3 Å². The Balaban J connectivity index is 2.34. The summed E-state index contributed by atoms with van der Waals surface area (Å²) in [6, 6.07) is 13.8. The highest BCUT2D eigenvalue weighted by atomic mass is 79.9. The number of hydrogen-bond acceptors (Lipinski definition) is 2. The second-order valence-corrected chi connectivity index (χ2v) is 6.70. The van der Waals surface area contributed by atoms with Crippen molar-refractivity contribution in [3.05, 3.63) is 57.0 Å². The quantitative estimate of drug-likeness (QED) is 0.642. The standard InChI is InChI=1S/C14H10Br2OS/c1-9(17)13-8-11(16)4-7-14(13)18-12-5-2-10(15)3-6-12/h2-8H,1H3. The number of ketones is 1. The Kier molecular flexibility index (Phi) is 4.65. The summed E-state index contributed by atoms with van der Waals surface area (Å²) < 4.78 is 1.97. The van der Waals surface area contributed by atoms with Crippen LogP contribution in [0.2, 0.25) is 0 Å². The van der Waals surface area contributed by atoms with Gasteiger partial charge in [-0.3, -0.25) is 4.79 Å². The average molecular weight is 386 g/mol. The van der Waals surface area contributed by atoms with E-state index in [4.69, 9.17) is 0 Å². The lowest BCUT2D eigenvalue weighted by molar-refractivity contribution is 0.101. The smallest absolute Gasteiger partial charge is 0.160 e. The van der Waals surface area contributed by atoms with Crippen molar-refractivity contribution in [1.29, 1.82) is 0 Å². The van der Waals surface area contributed by atoms with Gasteiger partial charge in [-0.05, 0) is 49.4 Å². The minimum atomic E-state index is 0.0795. The number of carbonyl (C=O) groups is 1. The van der Waals surface area contributed by atoms with Crippen molar-refractivity contribution < 1.29 is 4.79 Å². The van der Waals surface area contributed by atoms with Crippen LogP contribution in [-0.4, -0.2) is 5.78 Å². The van der Waals surface area contributed by atoms with E-state index < -0.39 is 0 Å². The molecule has 0 aromatic heterocycles. The Morgan fingerprint density at radius 2 is 1.61 bits per heavy atom. The van der Waals surface area contributed by atoms with E-state index >= 15 is 0 Å². The molecule has 92 valence electrons. The first-order valence-electron chi connectivity index (χ1n) is 5.30. The highest BCUT2D eigenvalue weighted by Gasteiger charge is 2.09. The van der Waals surface area contributed by atoms with Gasteiger partial charge >= 0.3 is 0 Å². The van der Waals surface area contributed by atoms with Crippen molar-refractivity contribution in [3.63, 3.8) is 0 Å². The van der Waals surface area contributed by atoms with Crippen LogP contribution in [-0.2, 0) is 0 Å². The topological polar surface area (TPSA) is 17.1 Å². The van der Waals surface area contributed by atoms with Gasteiger partial charge in [-0.1, -0.05) is 43.6 Å². The monoisotopic (exact) mass is 384 g/mol. The van der Waals surface area contributed by atoms with Crippen LogP contribution in [0.5, 0.6) is 0 Å². The van der Waals surface area contributed by atoms with E-state index in [0.717, 1.165) is 24.3 Å². The van der Waals surface area contributed by atoms with Crippen molar-refractivity contribution in [2.45, 2.75) is 16.7 Å². The molecule has 0 aliphatic heterocycles. The van der Waals surface area contributed by atoms with Crippen LogP contribution in [0.1, 0.15) is 17.3 Å². The second kappa shape index (κ2) is 6.04. The zero-order valence-corrected chi connectivity index (χ0v) is 13.6. The highest BCUT2D eigenvalue weighted by Crippen LogP contribution is 2.32. The van der Waals surface area contributed by atoms with E-state index in [-0.39, 0.29) is 5.78 Å². The van der Waals surface area contributed by atoms with Crippen LogP contribution >= 0.6 is 43.6 Å². The molecule has 0 unspecified atom stereocenters. The first-order valence-corrected chi connectivity index (χ1v) is 7.70. The number of hydrogen-bond donors (Lipinski definition) is 0. The third-order valence-electron chi connectivity index (χ3n) is 2.36. The molecule has 0 N–H and O–H groups in total. The van der Waals surface area contributed by atoms with Crippen LogP contribution in [0.25, 0.3) is 0 Å². The molecule has 4 heteroatoms. The normalized spacial score (nSPS) is 10.4. The molecule has 1 nitrogen and oxygen atoms in total. The van der Waals surface area contributed by atoms with Gasteiger partial charge in [0.05, 0.1) is 0 Å². The maximum atomic E-state index is 11.6. The molecule has 2 aromatic carbocycles. The number of benzene rings is 2. The maximum Gasteiger partial charge on any atom is 0.160 e. The third-order valence-corrected chi connectivity index (χ3v) is 4.47. The first kappa shape index (κ1) is 13.8. The predicted molar refractivity (Wildman–Crippen MR) is 82.4 cm³/mol. The summed E-state index contributed by atoms with van der Waals surface area (Å²) >= 11 is 8.40. The number of Topliss-reactive ketones (excluding diaryl/α,β-unsaturated/α-hetero) is 1.